The van der Waals surface area contributed by atoms with Crippen LogP contribution >= 0.6 is 11.6 Å². The molecule has 1 rings (SSSR count). The highest BCUT2D eigenvalue weighted by molar-refractivity contribution is 6.30. The van der Waals surface area contributed by atoms with Crippen LogP contribution in [0.25, 0.3) is 0 Å². The monoisotopic (exact) mass is 282 g/mol. The van der Waals surface area contributed by atoms with Crippen molar-refractivity contribution in [3.63, 3.8) is 0 Å². The number of nitrogens with zero attached hydrogens (tertiary/aromatic N) is 1. The van der Waals surface area contributed by atoms with Gasteiger partial charge in [-0.05, 0) is 30.8 Å². The van der Waals surface area contributed by atoms with E-state index in [-0.39, 0.29) is 11.9 Å². The van der Waals surface area contributed by atoms with E-state index in [0.29, 0.717) is 13.0 Å². The third-order valence-corrected chi connectivity index (χ3v) is 3.57. The molecule has 0 heterocycles. The fourth-order valence-corrected chi connectivity index (χ4v) is 2.27. The summed E-state index contributed by atoms with van der Waals surface area (Å²) in [7, 11) is 0. The van der Waals surface area contributed by atoms with Crippen molar-refractivity contribution in [2.75, 3.05) is 19.6 Å². The number of hydrogen-bond donors (Lipinski definition) is 1. The van der Waals surface area contributed by atoms with Crippen LogP contribution in [0, 0.1) is 0 Å². The molecule has 1 amide bonds. The Balaban J connectivity index is 2.84. The maximum absolute atomic E-state index is 11.5. The van der Waals surface area contributed by atoms with Gasteiger partial charge in [0.1, 0.15) is 0 Å². The Morgan fingerprint density at radius 1 is 1.21 bits per heavy atom. The van der Waals surface area contributed by atoms with E-state index < -0.39 is 0 Å². The number of likely N-dealkylation sites (N-methyl/N-ethyl adjacent to an activating group) is 1. The van der Waals surface area contributed by atoms with Crippen molar-refractivity contribution in [2.24, 2.45) is 0 Å². The molecule has 0 aliphatic heterocycles. The minimum atomic E-state index is 0.0890. The van der Waals surface area contributed by atoms with E-state index >= 15 is 0 Å². The Morgan fingerprint density at radius 2 is 1.79 bits per heavy atom. The number of nitrogens with one attached hydrogen (secondary N) is 1. The standard InChI is InChI=1S/C15H23ClN2O/c1-4-15(19)17-11-14(18(5-2)6-3)12-7-9-13(16)10-8-12/h7-10,14H,4-6,11H2,1-3H3,(H,17,19). The Morgan fingerprint density at radius 3 is 2.26 bits per heavy atom. The molecule has 3 nitrogen and oxygen atoms in total. The Labute approximate surface area is 120 Å². The summed E-state index contributed by atoms with van der Waals surface area (Å²) >= 11 is 5.93. The molecule has 1 aromatic rings. The zero-order chi connectivity index (χ0) is 14.3. The lowest BCUT2D eigenvalue weighted by Gasteiger charge is -2.30. The van der Waals surface area contributed by atoms with Gasteiger partial charge in [-0.2, -0.15) is 0 Å². The van der Waals surface area contributed by atoms with Crippen LogP contribution in [0.15, 0.2) is 24.3 Å². The molecule has 19 heavy (non-hydrogen) atoms. The summed E-state index contributed by atoms with van der Waals surface area (Å²) in [5, 5.41) is 3.72. The first-order valence-electron chi connectivity index (χ1n) is 6.88. The predicted octanol–water partition coefficient (Wildman–Crippen LogP) is 3.25. The van der Waals surface area contributed by atoms with E-state index in [9.17, 15) is 4.79 Å². The van der Waals surface area contributed by atoms with Crippen LogP contribution in [-0.4, -0.2) is 30.4 Å². The number of rotatable bonds is 7. The molecular weight excluding hydrogens is 260 g/mol. The Hall–Kier alpha value is -1.06. The second kappa shape index (κ2) is 8.18. The third kappa shape index (κ3) is 4.84. The normalized spacial score (nSPS) is 12.5. The van der Waals surface area contributed by atoms with Crippen LogP contribution in [0.1, 0.15) is 38.8 Å². The lowest BCUT2D eigenvalue weighted by molar-refractivity contribution is -0.121. The van der Waals surface area contributed by atoms with Crippen LogP contribution in [-0.2, 0) is 4.79 Å². The molecule has 1 atom stereocenters. The fraction of sp³-hybridized carbons (Fsp3) is 0.533. The topological polar surface area (TPSA) is 32.3 Å². The molecular formula is C15H23ClN2O. The van der Waals surface area contributed by atoms with Crippen molar-refractivity contribution in [1.29, 1.82) is 0 Å². The Bertz CT molecular complexity index is 388. The predicted molar refractivity (Wildman–Crippen MR) is 80.4 cm³/mol. The van der Waals surface area contributed by atoms with Crippen LogP contribution < -0.4 is 5.32 Å². The SMILES string of the molecule is CCC(=O)NCC(c1ccc(Cl)cc1)N(CC)CC. The number of amides is 1. The number of hydrogen-bond acceptors (Lipinski definition) is 2. The van der Waals surface area contributed by atoms with Gasteiger partial charge in [-0.3, -0.25) is 9.69 Å². The van der Waals surface area contributed by atoms with Gasteiger partial charge in [0.25, 0.3) is 0 Å². The highest BCUT2D eigenvalue weighted by atomic mass is 35.5. The molecule has 0 fully saturated rings. The average Bonchev–Trinajstić information content (AvgIpc) is 2.44. The molecule has 0 saturated heterocycles. The fourth-order valence-electron chi connectivity index (χ4n) is 2.14. The maximum Gasteiger partial charge on any atom is 0.219 e. The van der Waals surface area contributed by atoms with E-state index in [0.717, 1.165) is 18.1 Å². The Kier molecular flexibility index (Phi) is 6.89. The van der Waals surface area contributed by atoms with Gasteiger partial charge in [-0.25, -0.2) is 0 Å². The molecule has 0 bridgehead atoms. The first kappa shape index (κ1) is 16.0. The van der Waals surface area contributed by atoms with Crippen molar-refractivity contribution in [1.82, 2.24) is 10.2 Å². The number of carbonyl (C=O) groups is 1. The zero-order valence-electron chi connectivity index (χ0n) is 11.9. The first-order chi connectivity index (χ1) is 9.12. The molecule has 4 heteroatoms. The van der Waals surface area contributed by atoms with E-state index in [1.54, 1.807) is 0 Å². The second-order valence-electron chi connectivity index (χ2n) is 4.45. The van der Waals surface area contributed by atoms with Gasteiger partial charge in [0.05, 0.1) is 6.04 Å². The minimum absolute atomic E-state index is 0.0890. The quantitative estimate of drug-likeness (QED) is 0.833. The molecule has 1 unspecified atom stereocenters. The maximum atomic E-state index is 11.5. The summed E-state index contributed by atoms with van der Waals surface area (Å²) in [6.07, 6.45) is 0.519. The number of carbonyl (C=O) groups excluding carboxylic acids is 1. The van der Waals surface area contributed by atoms with Crippen LogP contribution in [0.3, 0.4) is 0 Å². The third-order valence-electron chi connectivity index (χ3n) is 3.32. The highest BCUT2D eigenvalue weighted by Crippen LogP contribution is 2.21. The first-order valence-corrected chi connectivity index (χ1v) is 7.26. The van der Waals surface area contributed by atoms with Gasteiger partial charge < -0.3 is 5.32 Å². The van der Waals surface area contributed by atoms with Crippen LogP contribution in [0.2, 0.25) is 5.02 Å². The molecule has 1 aromatic carbocycles. The van der Waals surface area contributed by atoms with Crippen molar-refractivity contribution >= 4 is 17.5 Å². The van der Waals surface area contributed by atoms with Gasteiger partial charge in [-0.15, -0.1) is 0 Å². The molecule has 0 spiro atoms. The number of benzene rings is 1. The van der Waals surface area contributed by atoms with Gasteiger partial charge in [-0.1, -0.05) is 44.5 Å². The lowest BCUT2D eigenvalue weighted by Crippen LogP contribution is -2.37. The summed E-state index contributed by atoms with van der Waals surface area (Å²) in [4.78, 5) is 13.8. The van der Waals surface area contributed by atoms with E-state index in [1.165, 1.54) is 5.56 Å². The van der Waals surface area contributed by atoms with Gasteiger partial charge in [0.15, 0.2) is 0 Å². The largest absolute Gasteiger partial charge is 0.354 e. The molecule has 0 aromatic heterocycles. The molecule has 106 valence electrons. The average molecular weight is 283 g/mol. The second-order valence-corrected chi connectivity index (χ2v) is 4.88. The van der Waals surface area contributed by atoms with Crippen molar-refractivity contribution in [3.8, 4) is 0 Å². The molecule has 0 aliphatic rings. The van der Waals surface area contributed by atoms with Gasteiger partial charge >= 0.3 is 0 Å². The summed E-state index contributed by atoms with van der Waals surface area (Å²) < 4.78 is 0. The molecule has 0 radical (unpaired) electrons. The summed E-state index contributed by atoms with van der Waals surface area (Å²) in [5.41, 5.74) is 1.18. The van der Waals surface area contributed by atoms with Gasteiger partial charge in [0, 0.05) is 18.0 Å². The van der Waals surface area contributed by atoms with Crippen LogP contribution in [0.4, 0.5) is 0 Å². The van der Waals surface area contributed by atoms with E-state index in [4.69, 9.17) is 11.6 Å². The molecule has 0 saturated carbocycles. The van der Waals surface area contributed by atoms with E-state index in [1.807, 2.05) is 31.2 Å². The summed E-state index contributed by atoms with van der Waals surface area (Å²) in [5.74, 6) is 0.0890. The van der Waals surface area contributed by atoms with Crippen molar-refractivity contribution in [3.05, 3.63) is 34.9 Å². The number of halogens is 1. The summed E-state index contributed by atoms with van der Waals surface area (Å²) in [6, 6.07) is 8.06. The highest BCUT2D eigenvalue weighted by Gasteiger charge is 2.18. The van der Waals surface area contributed by atoms with Gasteiger partial charge in [0.2, 0.25) is 5.91 Å². The smallest absolute Gasteiger partial charge is 0.219 e. The van der Waals surface area contributed by atoms with Crippen molar-refractivity contribution in [2.45, 2.75) is 33.2 Å². The molecule has 1 N–H and O–H groups in total. The minimum Gasteiger partial charge on any atom is -0.354 e. The lowest BCUT2D eigenvalue weighted by atomic mass is 10.0. The van der Waals surface area contributed by atoms with E-state index in [2.05, 4.69) is 24.1 Å². The molecule has 0 aliphatic carbocycles. The van der Waals surface area contributed by atoms with Crippen LogP contribution in [0.5, 0.6) is 0 Å². The van der Waals surface area contributed by atoms with Crippen molar-refractivity contribution < 1.29 is 4.79 Å². The summed E-state index contributed by atoms with van der Waals surface area (Å²) in [6.45, 7) is 8.67. The zero-order valence-corrected chi connectivity index (χ0v) is 12.7.